The van der Waals surface area contributed by atoms with E-state index in [0.717, 1.165) is 0 Å². The fraction of sp³-hybridized carbons (Fsp3) is 0.143. The van der Waals surface area contributed by atoms with Gasteiger partial charge >= 0.3 is 0 Å². The van der Waals surface area contributed by atoms with Gasteiger partial charge in [-0.2, -0.15) is 4.91 Å². The number of benzene rings is 1. The Morgan fingerprint density at radius 2 is 2.27 bits per heavy atom. The van der Waals surface area contributed by atoms with E-state index in [-0.39, 0.29) is 17.3 Å². The first kappa shape index (κ1) is 8.01. The van der Waals surface area contributed by atoms with Gasteiger partial charge in [0.05, 0.1) is 5.02 Å². The number of rotatable bonds is 2. The Morgan fingerprint density at radius 3 is 2.82 bits per heavy atom. The lowest BCUT2D eigenvalue weighted by Crippen LogP contribution is -1.79. The van der Waals surface area contributed by atoms with Crippen molar-refractivity contribution in [1.29, 1.82) is 0 Å². The lowest BCUT2D eigenvalue weighted by atomic mass is 10.2. The predicted molar refractivity (Wildman–Crippen MR) is 42.6 cm³/mol. The van der Waals surface area contributed by atoms with Crippen LogP contribution in [0.3, 0.4) is 0 Å². The number of halogens is 1. The van der Waals surface area contributed by atoms with Gasteiger partial charge in [-0.3, -0.25) is 0 Å². The molecule has 0 fully saturated rings. The third-order valence-electron chi connectivity index (χ3n) is 1.26. The minimum absolute atomic E-state index is 0.0151. The first-order chi connectivity index (χ1) is 5.24. The molecule has 0 radical (unpaired) electrons. The van der Waals surface area contributed by atoms with Gasteiger partial charge < -0.3 is 5.11 Å². The summed E-state index contributed by atoms with van der Waals surface area (Å²) in [5.41, 5.74) is 0.697. The minimum Gasteiger partial charge on any atom is -0.506 e. The summed E-state index contributed by atoms with van der Waals surface area (Å²) >= 11 is 5.56. The van der Waals surface area contributed by atoms with Gasteiger partial charge in [0, 0.05) is 0 Å². The number of nitrogens with zero attached hydrogens (tertiary/aromatic N) is 1. The Labute approximate surface area is 68.6 Å². The van der Waals surface area contributed by atoms with Gasteiger partial charge in [0.15, 0.2) is 0 Å². The summed E-state index contributed by atoms with van der Waals surface area (Å²) in [6.07, 6.45) is 0. The number of hydrogen-bond donors (Lipinski definition) is 1. The van der Waals surface area contributed by atoms with Crippen molar-refractivity contribution < 1.29 is 5.11 Å². The number of nitroso groups, excluding NO2 is 1. The van der Waals surface area contributed by atoms with Crippen LogP contribution in [0, 0.1) is 4.91 Å². The van der Waals surface area contributed by atoms with Crippen molar-refractivity contribution in [2.45, 2.75) is 6.54 Å². The SMILES string of the molecule is O=NCc1ccc(O)c(Cl)c1. The van der Waals surface area contributed by atoms with Crippen LogP contribution in [0.4, 0.5) is 0 Å². The molecule has 4 heteroatoms. The van der Waals surface area contributed by atoms with Crippen molar-refractivity contribution in [2.75, 3.05) is 0 Å². The molecule has 1 rings (SSSR count). The molecule has 1 aromatic rings. The molecular weight excluding hydrogens is 166 g/mol. The standard InChI is InChI=1S/C7H6ClNO2/c8-6-3-5(4-9-11)1-2-7(6)10/h1-3,10H,4H2. The molecule has 0 aliphatic rings. The molecule has 0 aromatic heterocycles. The van der Waals surface area contributed by atoms with E-state index in [1.165, 1.54) is 12.1 Å². The number of phenolic OH excluding ortho intramolecular Hbond substituents is 1. The van der Waals surface area contributed by atoms with Gasteiger partial charge in [0.1, 0.15) is 12.3 Å². The maximum atomic E-state index is 9.81. The second kappa shape index (κ2) is 3.34. The van der Waals surface area contributed by atoms with Gasteiger partial charge in [0.25, 0.3) is 0 Å². The van der Waals surface area contributed by atoms with E-state index in [0.29, 0.717) is 5.56 Å². The fourth-order valence-electron chi connectivity index (χ4n) is 0.723. The molecule has 1 N–H and O–H groups in total. The monoisotopic (exact) mass is 171 g/mol. The first-order valence-electron chi connectivity index (χ1n) is 3.00. The van der Waals surface area contributed by atoms with Crippen LogP contribution < -0.4 is 0 Å². The third kappa shape index (κ3) is 1.91. The fourth-order valence-corrected chi connectivity index (χ4v) is 0.926. The van der Waals surface area contributed by atoms with Crippen molar-refractivity contribution in [2.24, 2.45) is 5.18 Å². The van der Waals surface area contributed by atoms with Crippen LogP contribution in [0.1, 0.15) is 5.56 Å². The zero-order valence-corrected chi connectivity index (χ0v) is 6.38. The molecule has 0 unspecified atom stereocenters. The Kier molecular flexibility index (Phi) is 2.44. The molecule has 0 amide bonds. The Bertz CT molecular complexity index is 275. The molecule has 0 spiro atoms. The lowest BCUT2D eigenvalue weighted by molar-refractivity contribution is 0.475. The molecule has 11 heavy (non-hydrogen) atoms. The Hall–Kier alpha value is -1.09. The highest BCUT2D eigenvalue weighted by Gasteiger charge is 1.98. The van der Waals surface area contributed by atoms with Crippen LogP contribution in [0.25, 0.3) is 0 Å². The Balaban J connectivity index is 2.95. The summed E-state index contributed by atoms with van der Waals surface area (Å²) in [5.74, 6) is 0.0151. The summed E-state index contributed by atoms with van der Waals surface area (Å²) in [5, 5.41) is 11.9. The average Bonchev–Trinajstić information content (AvgIpc) is 1.98. The summed E-state index contributed by atoms with van der Waals surface area (Å²) in [6.45, 7) is 0.0833. The van der Waals surface area contributed by atoms with Gasteiger partial charge in [-0.05, 0) is 17.7 Å². The first-order valence-corrected chi connectivity index (χ1v) is 3.38. The van der Waals surface area contributed by atoms with Crippen LogP contribution in [0.5, 0.6) is 5.75 Å². The highest BCUT2D eigenvalue weighted by molar-refractivity contribution is 6.32. The van der Waals surface area contributed by atoms with E-state index >= 15 is 0 Å². The van der Waals surface area contributed by atoms with Gasteiger partial charge in [-0.1, -0.05) is 22.8 Å². The van der Waals surface area contributed by atoms with Crippen LogP contribution in [-0.4, -0.2) is 5.11 Å². The quantitative estimate of drug-likeness (QED) is 0.695. The van der Waals surface area contributed by atoms with Gasteiger partial charge in [-0.25, -0.2) is 0 Å². The lowest BCUT2D eigenvalue weighted by Gasteiger charge is -1.97. The molecule has 3 nitrogen and oxygen atoms in total. The molecule has 0 heterocycles. The molecule has 0 aliphatic heterocycles. The molecule has 1 aromatic carbocycles. The van der Waals surface area contributed by atoms with Crippen molar-refractivity contribution in [3.05, 3.63) is 33.7 Å². The number of hydrogen-bond acceptors (Lipinski definition) is 3. The highest BCUT2D eigenvalue weighted by atomic mass is 35.5. The summed E-state index contributed by atoms with van der Waals surface area (Å²) in [6, 6.07) is 4.55. The van der Waals surface area contributed by atoms with Gasteiger partial charge in [0.2, 0.25) is 0 Å². The van der Waals surface area contributed by atoms with E-state index in [1.54, 1.807) is 6.07 Å². The van der Waals surface area contributed by atoms with Crippen LogP contribution in [-0.2, 0) is 6.54 Å². The zero-order valence-electron chi connectivity index (χ0n) is 5.62. The smallest absolute Gasteiger partial charge is 0.134 e. The summed E-state index contributed by atoms with van der Waals surface area (Å²) < 4.78 is 0. The normalized spacial score (nSPS) is 9.55. The maximum Gasteiger partial charge on any atom is 0.134 e. The topological polar surface area (TPSA) is 49.7 Å². The Morgan fingerprint density at radius 1 is 1.55 bits per heavy atom. The van der Waals surface area contributed by atoms with Crippen molar-refractivity contribution in [1.82, 2.24) is 0 Å². The largest absolute Gasteiger partial charge is 0.506 e. The van der Waals surface area contributed by atoms with Crippen LogP contribution in [0.2, 0.25) is 5.02 Å². The van der Waals surface area contributed by atoms with Crippen LogP contribution >= 0.6 is 11.6 Å². The average molecular weight is 172 g/mol. The second-order valence-corrected chi connectivity index (χ2v) is 2.48. The van der Waals surface area contributed by atoms with Crippen molar-refractivity contribution >= 4 is 11.6 Å². The summed E-state index contributed by atoms with van der Waals surface area (Å²) in [4.78, 5) is 9.81. The third-order valence-corrected chi connectivity index (χ3v) is 1.56. The maximum absolute atomic E-state index is 9.81. The summed E-state index contributed by atoms with van der Waals surface area (Å²) in [7, 11) is 0. The molecular formula is C7H6ClNO2. The van der Waals surface area contributed by atoms with Crippen molar-refractivity contribution in [3.8, 4) is 5.75 Å². The molecule has 0 bridgehead atoms. The molecule has 58 valence electrons. The van der Waals surface area contributed by atoms with Crippen LogP contribution in [0.15, 0.2) is 23.4 Å². The van der Waals surface area contributed by atoms with E-state index in [1.807, 2.05) is 0 Å². The predicted octanol–water partition coefficient (Wildman–Crippen LogP) is 2.31. The van der Waals surface area contributed by atoms with E-state index in [2.05, 4.69) is 5.18 Å². The molecule has 0 atom stereocenters. The minimum atomic E-state index is 0.0151. The van der Waals surface area contributed by atoms with Crippen molar-refractivity contribution in [3.63, 3.8) is 0 Å². The number of phenols is 1. The zero-order chi connectivity index (χ0) is 8.27. The molecule has 0 saturated carbocycles. The van der Waals surface area contributed by atoms with Gasteiger partial charge in [-0.15, -0.1) is 0 Å². The van der Waals surface area contributed by atoms with E-state index in [4.69, 9.17) is 16.7 Å². The highest BCUT2D eigenvalue weighted by Crippen LogP contribution is 2.23. The van der Waals surface area contributed by atoms with E-state index in [9.17, 15) is 4.91 Å². The second-order valence-electron chi connectivity index (χ2n) is 2.07. The molecule has 0 saturated heterocycles. The van der Waals surface area contributed by atoms with E-state index < -0.39 is 0 Å². The number of aromatic hydroxyl groups is 1. The molecule has 0 aliphatic carbocycles.